The van der Waals surface area contributed by atoms with Crippen molar-refractivity contribution in [1.29, 1.82) is 0 Å². The molecule has 0 atom stereocenters. The van der Waals surface area contributed by atoms with Crippen LogP contribution in [0.2, 0.25) is 0 Å². The molecule has 0 radical (unpaired) electrons. The second-order valence-corrected chi connectivity index (χ2v) is 6.98. The van der Waals surface area contributed by atoms with Gasteiger partial charge in [0.05, 0.1) is 6.54 Å². The molecule has 23 heavy (non-hydrogen) atoms. The van der Waals surface area contributed by atoms with E-state index in [0.29, 0.717) is 0 Å². The lowest BCUT2D eigenvalue weighted by atomic mass is 10.0. The fraction of sp³-hybridized carbons (Fsp3) is 0.950. The third-order valence-corrected chi connectivity index (χ3v) is 4.58. The van der Waals surface area contributed by atoms with Gasteiger partial charge in [0.1, 0.15) is 0 Å². The molecule has 0 aromatic carbocycles. The van der Waals surface area contributed by atoms with E-state index in [0.717, 1.165) is 13.0 Å². The minimum absolute atomic E-state index is 0.221. The predicted molar refractivity (Wildman–Crippen MR) is 98.8 cm³/mol. The Morgan fingerprint density at radius 3 is 1.35 bits per heavy atom. The minimum atomic E-state index is -0.707. The van der Waals surface area contributed by atoms with Crippen molar-refractivity contribution in [1.82, 2.24) is 0 Å². The van der Waals surface area contributed by atoms with E-state index in [-0.39, 0.29) is 6.54 Å². The molecular weight excluding hydrogens is 286 g/mol. The number of rotatable bonds is 19. The predicted octanol–water partition coefficient (Wildman–Crippen LogP) is 4.90. The summed E-state index contributed by atoms with van der Waals surface area (Å²) in [5, 5.41) is 10.4. The van der Waals surface area contributed by atoms with Crippen LogP contribution in [-0.2, 0) is 4.79 Å². The first-order chi connectivity index (χ1) is 11.3. The summed E-state index contributed by atoms with van der Waals surface area (Å²) in [6.45, 7) is 3.46. The summed E-state index contributed by atoms with van der Waals surface area (Å²) in [6, 6.07) is 0. The molecule has 0 aliphatic heterocycles. The van der Waals surface area contributed by atoms with E-state index in [1.165, 1.54) is 96.3 Å². The number of hydrogen-bond donors (Lipinski definition) is 2. The minimum Gasteiger partial charge on any atom is -0.477 e. The van der Waals surface area contributed by atoms with Crippen molar-refractivity contribution in [3.63, 3.8) is 0 Å². The van der Waals surface area contributed by atoms with Crippen LogP contribution in [0.1, 0.15) is 110 Å². The molecule has 0 saturated carbocycles. The fourth-order valence-corrected chi connectivity index (χ4v) is 3.06. The number of unbranched alkanes of at least 4 members (excludes halogenated alkanes) is 15. The Morgan fingerprint density at radius 2 is 1.00 bits per heavy atom. The Kier molecular flexibility index (Phi) is 19.0. The lowest BCUT2D eigenvalue weighted by molar-refractivity contribution is -0.645. The van der Waals surface area contributed by atoms with Crippen molar-refractivity contribution in [2.75, 3.05) is 13.1 Å². The first-order valence-electron chi connectivity index (χ1n) is 10.3. The van der Waals surface area contributed by atoms with Gasteiger partial charge in [-0.25, -0.2) is 4.79 Å². The summed E-state index contributed by atoms with van der Waals surface area (Å²) in [5.74, 6) is -0.707. The van der Waals surface area contributed by atoms with Crippen LogP contribution in [0.15, 0.2) is 0 Å². The van der Waals surface area contributed by atoms with Gasteiger partial charge in [0.2, 0.25) is 0 Å². The van der Waals surface area contributed by atoms with Gasteiger partial charge >= 0.3 is 5.97 Å². The Hall–Kier alpha value is -0.570. The first kappa shape index (κ1) is 22.4. The van der Waals surface area contributed by atoms with Gasteiger partial charge < -0.3 is 10.4 Å². The van der Waals surface area contributed by atoms with Gasteiger partial charge in [-0.2, -0.15) is 0 Å². The van der Waals surface area contributed by atoms with Crippen molar-refractivity contribution >= 4 is 5.97 Å². The monoisotopic (exact) mass is 328 g/mol. The molecule has 0 rings (SSSR count). The van der Waals surface area contributed by atoms with Crippen molar-refractivity contribution in [3.8, 4) is 0 Å². The molecule has 0 heterocycles. The summed E-state index contributed by atoms with van der Waals surface area (Å²) < 4.78 is 0. The number of quaternary nitrogens is 1. The van der Waals surface area contributed by atoms with Crippen LogP contribution < -0.4 is 5.32 Å². The molecule has 3 N–H and O–H groups in total. The smallest absolute Gasteiger partial charge is 0.359 e. The van der Waals surface area contributed by atoms with Crippen LogP contribution in [-0.4, -0.2) is 24.2 Å². The SMILES string of the molecule is CCCCCCCCCCCCCCCCCC[NH2+]CC(=O)O. The zero-order chi connectivity index (χ0) is 17.0. The maximum absolute atomic E-state index is 10.3. The quantitative estimate of drug-likeness (QED) is 0.331. The zero-order valence-electron chi connectivity index (χ0n) is 15.7. The normalized spacial score (nSPS) is 11.0. The Bertz CT molecular complexity index is 244. The van der Waals surface area contributed by atoms with Crippen LogP contribution in [0.3, 0.4) is 0 Å². The summed E-state index contributed by atoms with van der Waals surface area (Å²) in [6.07, 6.45) is 22.2. The standard InChI is InChI=1S/C20H41NO2/c1-2-3-4-5-6-7-8-9-10-11-12-13-14-15-16-17-18-21-19-20(22)23/h21H,2-19H2,1H3,(H,22,23)/p+1. The molecule has 0 aromatic rings. The molecule has 3 heteroatoms. The van der Waals surface area contributed by atoms with Crippen molar-refractivity contribution in [3.05, 3.63) is 0 Å². The van der Waals surface area contributed by atoms with E-state index >= 15 is 0 Å². The summed E-state index contributed by atoms with van der Waals surface area (Å²) >= 11 is 0. The second kappa shape index (κ2) is 19.5. The largest absolute Gasteiger partial charge is 0.477 e. The van der Waals surface area contributed by atoms with E-state index in [2.05, 4.69) is 6.92 Å². The number of hydrogen-bond acceptors (Lipinski definition) is 1. The molecule has 138 valence electrons. The van der Waals surface area contributed by atoms with Crippen LogP contribution in [0, 0.1) is 0 Å². The number of aliphatic carboxylic acids is 1. The van der Waals surface area contributed by atoms with Crippen LogP contribution in [0.5, 0.6) is 0 Å². The van der Waals surface area contributed by atoms with E-state index in [1.807, 2.05) is 5.32 Å². The Balaban J connectivity index is 2.96. The summed E-state index contributed by atoms with van der Waals surface area (Å²) in [5.41, 5.74) is 0. The topological polar surface area (TPSA) is 53.9 Å². The van der Waals surface area contributed by atoms with Crippen molar-refractivity contribution in [2.24, 2.45) is 0 Å². The molecule has 0 bridgehead atoms. The Labute approximate surface area is 144 Å². The molecule has 3 nitrogen and oxygen atoms in total. The van der Waals surface area contributed by atoms with Gasteiger partial charge in [0.15, 0.2) is 6.54 Å². The van der Waals surface area contributed by atoms with Crippen molar-refractivity contribution in [2.45, 2.75) is 110 Å². The van der Waals surface area contributed by atoms with Gasteiger partial charge in [-0.1, -0.05) is 96.8 Å². The van der Waals surface area contributed by atoms with Gasteiger partial charge in [-0.3, -0.25) is 0 Å². The van der Waals surface area contributed by atoms with Crippen LogP contribution >= 0.6 is 0 Å². The van der Waals surface area contributed by atoms with E-state index in [4.69, 9.17) is 5.11 Å². The maximum Gasteiger partial charge on any atom is 0.359 e. The molecular formula is C20H42NO2+. The molecule has 0 aromatic heterocycles. The number of nitrogens with two attached hydrogens (primary N) is 1. The third-order valence-electron chi connectivity index (χ3n) is 4.58. The number of carboxylic acid groups (broad SMARTS) is 1. The molecule has 0 unspecified atom stereocenters. The van der Waals surface area contributed by atoms with E-state index < -0.39 is 5.97 Å². The Morgan fingerprint density at radius 1 is 0.652 bits per heavy atom. The summed E-state index contributed by atoms with van der Waals surface area (Å²) in [7, 11) is 0. The average Bonchev–Trinajstić information content (AvgIpc) is 2.53. The maximum atomic E-state index is 10.3. The van der Waals surface area contributed by atoms with E-state index in [9.17, 15) is 4.79 Å². The number of carboxylic acids is 1. The highest BCUT2D eigenvalue weighted by Gasteiger charge is 1.98. The van der Waals surface area contributed by atoms with Crippen LogP contribution in [0.25, 0.3) is 0 Å². The highest BCUT2D eigenvalue weighted by molar-refractivity contribution is 5.67. The molecule has 0 aliphatic rings. The highest BCUT2D eigenvalue weighted by Crippen LogP contribution is 2.13. The van der Waals surface area contributed by atoms with Gasteiger partial charge in [0, 0.05) is 0 Å². The number of carbonyl (C=O) groups is 1. The fourth-order valence-electron chi connectivity index (χ4n) is 3.06. The molecule has 0 spiro atoms. The molecule has 0 saturated heterocycles. The third kappa shape index (κ3) is 21.4. The van der Waals surface area contributed by atoms with Gasteiger partial charge in [-0.05, 0) is 12.8 Å². The average molecular weight is 329 g/mol. The van der Waals surface area contributed by atoms with Gasteiger partial charge in [0.25, 0.3) is 0 Å². The van der Waals surface area contributed by atoms with E-state index in [1.54, 1.807) is 0 Å². The lowest BCUT2D eigenvalue weighted by Crippen LogP contribution is -2.85. The van der Waals surface area contributed by atoms with Crippen LogP contribution in [0.4, 0.5) is 0 Å². The first-order valence-corrected chi connectivity index (χ1v) is 10.3. The highest BCUT2D eigenvalue weighted by atomic mass is 16.4. The zero-order valence-corrected chi connectivity index (χ0v) is 15.7. The van der Waals surface area contributed by atoms with Crippen molar-refractivity contribution < 1.29 is 15.2 Å². The summed E-state index contributed by atoms with van der Waals surface area (Å²) in [4.78, 5) is 10.3. The molecule has 0 fully saturated rings. The molecule has 0 aliphatic carbocycles. The van der Waals surface area contributed by atoms with Gasteiger partial charge in [-0.15, -0.1) is 0 Å². The molecule has 0 amide bonds. The second-order valence-electron chi connectivity index (χ2n) is 6.98. The lowest BCUT2D eigenvalue weighted by Gasteiger charge is -2.03.